The molecule has 0 aromatic carbocycles. The molecule has 3 nitrogen and oxygen atoms in total. The highest BCUT2D eigenvalue weighted by molar-refractivity contribution is 4.97. The summed E-state index contributed by atoms with van der Waals surface area (Å²) < 4.78 is 0. The molecule has 0 aromatic heterocycles. The third-order valence-electron chi connectivity index (χ3n) is 5.13. The molecule has 0 amide bonds. The smallest absolute Gasteiger partial charge is 0.0258 e. The van der Waals surface area contributed by atoms with Gasteiger partial charge in [0.05, 0.1) is 0 Å². The molecule has 3 heteroatoms. The lowest BCUT2D eigenvalue weighted by Gasteiger charge is -2.50. The summed E-state index contributed by atoms with van der Waals surface area (Å²) in [7, 11) is 2.25. The van der Waals surface area contributed by atoms with Gasteiger partial charge in [-0.05, 0) is 45.2 Å². The van der Waals surface area contributed by atoms with Crippen LogP contribution in [0.25, 0.3) is 0 Å². The van der Waals surface area contributed by atoms with E-state index < -0.39 is 0 Å². The van der Waals surface area contributed by atoms with E-state index in [1.165, 1.54) is 38.9 Å². The van der Waals surface area contributed by atoms with Crippen molar-refractivity contribution < 1.29 is 0 Å². The van der Waals surface area contributed by atoms with E-state index in [4.69, 9.17) is 0 Å². The second-order valence-corrected chi connectivity index (χ2v) is 7.49. The predicted octanol–water partition coefficient (Wildman–Crippen LogP) is 2.18. The van der Waals surface area contributed by atoms with Crippen LogP contribution in [0.4, 0.5) is 0 Å². The van der Waals surface area contributed by atoms with Gasteiger partial charge in [-0.25, -0.2) is 0 Å². The third-order valence-corrected chi connectivity index (χ3v) is 5.13. The van der Waals surface area contributed by atoms with E-state index in [0.29, 0.717) is 17.5 Å². The molecule has 19 heavy (non-hydrogen) atoms. The van der Waals surface area contributed by atoms with E-state index in [1.54, 1.807) is 0 Å². The average Bonchev–Trinajstić information content (AvgIpc) is 2.32. The van der Waals surface area contributed by atoms with E-state index >= 15 is 0 Å². The van der Waals surface area contributed by atoms with Gasteiger partial charge in [0.2, 0.25) is 0 Å². The Morgan fingerprint density at radius 2 is 2.00 bits per heavy atom. The van der Waals surface area contributed by atoms with Crippen molar-refractivity contribution in [1.29, 1.82) is 0 Å². The summed E-state index contributed by atoms with van der Waals surface area (Å²) in [6, 6.07) is 2.12. The van der Waals surface area contributed by atoms with Crippen LogP contribution in [-0.2, 0) is 0 Å². The number of hydrogen-bond donors (Lipinski definition) is 1. The molecule has 1 saturated heterocycles. The van der Waals surface area contributed by atoms with Crippen LogP contribution in [0.15, 0.2) is 0 Å². The Labute approximate surface area is 119 Å². The van der Waals surface area contributed by atoms with E-state index in [9.17, 15) is 0 Å². The minimum absolute atomic E-state index is 0.514. The molecule has 2 rings (SSSR count). The van der Waals surface area contributed by atoms with Gasteiger partial charge >= 0.3 is 0 Å². The van der Waals surface area contributed by atoms with Gasteiger partial charge in [-0.1, -0.05) is 20.8 Å². The molecular formula is C16H33N3. The van der Waals surface area contributed by atoms with Crippen LogP contribution < -0.4 is 5.32 Å². The maximum Gasteiger partial charge on any atom is 0.0258 e. The van der Waals surface area contributed by atoms with Crippen LogP contribution in [-0.4, -0.2) is 61.2 Å². The molecule has 112 valence electrons. The first kappa shape index (κ1) is 15.3. The number of rotatable bonds is 3. The van der Waals surface area contributed by atoms with Crippen molar-refractivity contribution in [2.75, 3.05) is 33.2 Å². The van der Waals surface area contributed by atoms with Crippen molar-refractivity contribution in [3.63, 3.8) is 0 Å². The highest BCUT2D eigenvalue weighted by Crippen LogP contribution is 2.38. The van der Waals surface area contributed by atoms with Crippen molar-refractivity contribution >= 4 is 0 Å². The van der Waals surface area contributed by atoms with Crippen molar-refractivity contribution in [2.45, 2.75) is 65.1 Å². The first-order chi connectivity index (χ1) is 8.93. The third kappa shape index (κ3) is 3.71. The maximum absolute atomic E-state index is 3.75. The molecule has 1 aliphatic carbocycles. The maximum atomic E-state index is 3.75. The average molecular weight is 267 g/mol. The van der Waals surface area contributed by atoms with Crippen LogP contribution in [0.2, 0.25) is 0 Å². The largest absolute Gasteiger partial charge is 0.313 e. The van der Waals surface area contributed by atoms with E-state index in [0.717, 1.165) is 12.6 Å². The van der Waals surface area contributed by atoms with Crippen LogP contribution in [0.3, 0.4) is 0 Å². The number of nitrogens with one attached hydrogen (secondary N) is 1. The molecule has 1 aliphatic heterocycles. The second-order valence-electron chi connectivity index (χ2n) is 7.49. The number of piperazine rings is 1. The van der Waals surface area contributed by atoms with Gasteiger partial charge in [-0.2, -0.15) is 0 Å². The first-order valence-corrected chi connectivity index (χ1v) is 8.10. The van der Waals surface area contributed by atoms with Crippen LogP contribution in [0.5, 0.6) is 0 Å². The van der Waals surface area contributed by atoms with Gasteiger partial charge in [-0.15, -0.1) is 0 Å². The van der Waals surface area contributed by atoms with E-state index in [-0.39, 0.29) is 0 Å². The zero-order valence-corrected chi connectivity index (χ0v) is 13.6. The van der Waals surface area contributed by atoms with Crippen LogP contribution in [0.1, 0.15) is 47.0 Å². The minimum Gasteiger partial charge on any atom is -0.313 e. The van der Waals surface area contributed by atoms with E-state index in [1.807, 2.05) is 0 Å². The van der Waals surface area contributed by atoms with E-state index in [2.05, 4.69) is 49.9 Å². The molecule has 2 fully saturated rings. The molecule has 3 unspecified atom stereocenters. The summed E-state index contributed by atoms with van der Waals surface area (Å²) in [5.41, 5.74) is 0.514. The highest BCUT2D eigenvalue weighted by atomic mass is 15.3. The summed E-state index contributed by atoms with van der Waals surface area (Å²) >= 11 is 0. The van der Waals surface area contributed by atoms with Gasteiger partial charge in [-0.3, -0.25) is 4.90 Å². The number of hydrogen-bond acceptors (Lipinski definition) is 3. The van der Waals surface area contributed by atoms with Gasteiger partial charge in [0, 0.05) is 37.8 Å². The number of likely N-dealkylation sites (N-methyl/N-ethyl adjacent to an activating group) is 2. The fourth-order valence-corrected chi connectivity index (χ4v) is 4.04. The summed E-state index contributed by atoms with van der Waals surface area (Å²) in [6.07, 6.45) is 4.05. The van der Waals surface area contributed by atoms with Gasteiger partial charge in [0.25, 0.3) is 0 Å². The van der Waals surface area contributed by atoms with Crippen LogP contribution >= 0.6 is 0 Å². The lowest BCUT2D eigenvalue weighted by Crippen LogP contribution is -2.62. The summed E-state index contributed by atoms with van der Waals surface area (Å²) in [5, 5.41) is 3.75. The summed E-state index contributed by atoms with van der Waals surface area (Å²) in [5.74, 6) is 0. The lowest BCUT2D eigenvalue weighted by molar-refractivity contribution is 0.00347. The van der Waals surface area contributed by atoms with Gasteiger partial charge in [0.15, 0.2) is 0 Å². The summed E-state index contributed by atoms with van der Waals surface area (Å²) in [4.78, 5) is 5.26. The van der Waals surface area contributed by atoms with Crippen molar-refractivity contribution in [2.24, 2.45) is 5.41 Å². The molecule has 1 saturated carbocycles. The Hall–Kier alpha value is -0.120. The Morgan fingerprint density at radius 1 is 1.26 bits per heavy atom. The predicted molar refractivity (Wildman–Crippen MR) is 82.5 cm³/mol. The Bertz CT molecular complexity index is 290. The Morgan fingerprint density at radius 3 is 2.63 bits per heavy atom. The molecule has 3 atom stereocenters. The molecule has 0 aromatic rings. The molecule has 0 bridgehead atoms. The van der Waals surface area contributed by atoms with Gasteiger partial charge < -0.3 is 10.2 Å². The zero-order valence-electron chi connectivity index (χ0n) is 13.6. The first-order valence-electron chi connectivity index (χ1n) is 8.10. The normalized spacial score (nSPS) is 37.4. The molecule has 1 heterocycles. The van der Waals surface area contributed by atoms with Crippen LogP contribution in [0, 0.1) is 5.41 Å². The molecule has 2 aliphatic rings. The lowest BCUT2D eigenvalue weighted by atomic mass is 9.72. The monoisotopic (exact) mass is 267 g/mol. The minimum atomic E-state index is 0.514. The second kappa shape index (κ2) is 6.11. The fourth-order valence-electron chi connectivity index (χ4n) is 4.04. The Balaban J connectivity index is 2.08. The molecule has 1 N–H and O–H groups in total. The molecule has 0 radical (unpaired) electrons. The summed E-state index contributed by atoms with van der Waals surface area (Å²) in [6.45, 7) is 14.3. The molecule has 0 spiro atoms. The zero-order chi connectivity index (χ0) is 14.0. The topological polar surface area (TPSA) is 18.5 Å². The van der Waals surface area contributed by atoms with Crippen molar-refractivity contribution in [1.82, 2.24) is 15.1 Å². The fraction of sp³-hybridized carbons (Fsp3) is 1.00. The SMILES string of the molecule is CCNC1CCC(C)(C)CC1N1CCN(C)CC1C. The van der Waals surface area contributed by atoms with Crippen molar-refractivity contribution in [3.05, 3.63) is 0 Å². The Kier molecular flexibility index (Phi) is 4.91. The number of nitrogens with zero attached hydrogens (tertiary/aromatic N) is 2. The molecular weight excluding hydrogens is 234 g/mol. The quantitative estimate of drug-likeness (QED) is 0.845. The standard InChI is InChI=1S/C16H33N3/c1-6-17-14-7-8-16(3,4)11-15(14)19-10-9-18(5)12-13(19)2/h13-15,17H,6-12H2,1-5H3. The van der Waals surface area contributed by atoms with Crippen molar-refractivity contribution in [3.8, 4) is 0 Å². The van der Waals surface area contributed by atoms with Gasteiger partial charge in [0.1, 0.15) is 0 Å². The highest BCUT2D eigenvalue weighted by Gasteiger charge is 2.40.